The van der Waals surface area contributed by atoms with Crippen LogP contribution in [0.3, 0.4) is 0 Å². The second-order valence-corrected chi connectivity index (χ2v) is 6.49. The molecule has 1 amide bonds. The van der Waals surface area contributed by atoms with Crippen molar-refractivity contribution >= 4 is 40.5 Å². The highest BCUT2D eigenvalue weighted by Crippen LogP contribution is 2.23. The van der Waals surface area contributed by atoms with E-state index in [-0.39, 0.29) is 5.91 Å². The normalized spacial score (nSPS) is 16.8. The van der Waals surface area contributed by atoms with Crippen molar-refractivity contribution in [2.45, 2.75) is 18.9 Å². The summed E-state index contributed by atoms with van der Waals surface area (Å²) in [7, 11) is 0. The third-order valence-electron chi connectivity index (χ3n) is 3.88. The summed E-state index contributed by atoms with van der Waals surface area (Å²) in [6.07, 6.45) is 2.52. The molecule has 0 aromatic heterocycles. The second-order valence-electron chi connectivity index (χ2n) is 5.68. The molecule has 1 atom stereocenters. The molecule has 6 heteroatoms. The van der Waals surface area contributed by atoms with Gasteiger partial charge in [0.1, 0.15) is 0 Å². The first kappa shape index (κ1) is 17.1. The van der Waals surface area contributed by atoms with Crippen LogP contribution in [-0.2, 0) is 4.74 Å². The summed E-state index contributed by atoms with van der Waals surface area (Å²) in [4.78, 5) is 12.2. The molecule has 2 N–H and O–H groups in total. The number of rotatable bonds is 5. The van der Waals surface area contributed by atoms with Gasteiger partial charge in [-0.25, -0.2) is 0 Å². The molecule has 3 rings (SSSR count). The van der Waals surface area contributed by atoms with E-state index in [2.05, 4.69) is 10.6 Å². The lowest BCUT2D eigenvalue weighted by atomic mass is 10.2. The SMILES string of the molecule is O=C(Nc1ccc(NCC2CCCO2)cc1)c1ccc(Cl)c(Cl)c1. The largest absolute Gasteiger partial charge is 0.382 e. The van der Waals surface area contributed by atoms with Gasteiger partial charge in [-0.05, 0) is 55.3 Å². The molecule has 1 unspecified atom stereocenters. The summed E-state index contributed by atoms with van der Waals surface area (Å²) in [5.41, 5.74) is 2.18. The summed E-state index contributed by atoms with van der Waals surface area (Å²) < 4.78 is 5.58. The molecule has 4 nitrogen and oxygen atoms in total. The standard InChI is InChI=1S/C18H18Cl2N2O2/c19-16-8-3-12(10-17(16)20)18(23)22-14-6-4-13(5-7-14)21-11-15-2-1-9-24-15/h3-8,10,15,21H,1-2,9,11H2,(H,22,23). The number of hydrogen-bond acceptors (Lipinski definition) is 3. The van der Waals surface area contributed by atoms with Crippen molar-refractivity contribution in [3.63, 3.8) is 0 Å². The van der Waals surface area contributed by atoms with Crippen LogP contribution in [0.2, 0.25) is 10.0 Å². The third kappa shape index (κ3) is 4.41. The fourth-order valence-electron chi connectivity index (χ4n) is 2.55. The molecule has 2 aromatic rings. The molecule has 0 saturated carbocycles. The van der Waals surface area contributed by atoms with E-state index in [1.54, 1.807) is 18.2 Å². The third-order valence-corrected chi connectivity index (χ3v) is 4.62. The van der Waals surface area contributed by atoms with Gasteiger partial charge < -0.3 is 15.4 Å². The molecule has 0 radical (unpaired) electrons. The van der Waals surface area contributed by atoms with E-state index in [4.69, 9.17) is 27.9 Å². The number of hydrogen-bond donors (Lipinski definition) is 2. The van der Waals surface area contributed by atoms with Gasteiger partial charge in [0.2, 0.25) is 0 Å². The summed E-state index contributed by atoms with van der Waals surface area (Å²) in [6, 6.07) is 12.4. The number of carbonyl (C=O) groups excluding carboxylic acids is 1. The van der Waals surface area contributed by atoms with Gasteiger partial charge in [0, 0.05) is 30.1 Å². The second kappa shape index (κ2) is 7.88. The minimum absolute atomic E-state index is 0.228. The first-order valence-corrected chi connectivity index (χ1v) is 8.59. The minimum atomic E-state index is -0.228. The Morgan fingerprint density at radius 2 is 1.83 bits per heavy atom. The van der Waals surface area contributed by atoms with Gasteiger partial charge in [-0.3, -0.25) is 4.79 Å². The molecular weight excluding hydrogens is 347 g/mol. The highest BCUT2D eigenvalue weighted by Gasteiger charge is 2.14. The summed E-state index contributed by atoms with van der Waals surface area (Å²) in [6.45, 7) is 1.65. The Morgan fingerprint density at radius 3 is 2.50 bits per heavy atom. The number of ether oxygens (including phenoxy) is 1. The number of benzene rings is 2. The number of nitrogens with one attached hydrogen (secondary N) is 2. The van der Waals surface area contributed by atoms with E-state index in [1.807, 2.05) is 24.3 Å². The Balaban J connectivity index is 1.56. The van der Waals surface area contributed by atoms with Crippen molar-refractivity contribution in [3.05, 3.63) is 58.1 Å². The smallest absolute Gasteiger partial charge is 0.255 e. The van der Waals surface area contributed by atoms with Crippen LogP contribution >= 0.6 is 23.2 Å². The zero-order valence-corrected chi connectivity index (χ0v) is 14.5. The van der Waals surface area contributed by atoms with E-state index in [1.165, 1.54) is 0 Å². The lowest BCUT2D eigenvalue weighted by Crippen LogP contribution is -2.18. The molecule has 1 aliphatic heterocycles. The zero-order chi connectivity index (χ0) is 16.9. The first-order chi connectivity index (χ1) is 11.6. The van der Waals surface area contributed by atoms with Gasteiger partial charge in [0.05, 0.1) is 16.1 Å². The molecule has 2 aromatic carbocycles. The van der Waals surface area contributed by atoms with E-state index in [9.17, 15) is 4.79 Å². The van der Waals surface area contributed by atoms with Crippen LogP contribution < -0.4 is 10.6 Å². The minimum Gasteiger partial charge on any atom is -0.382 e. The Labute approximate surface area is 151 Å². The summed E-state index contributed by atoms with van der Waals surface area (Å²) in [5, 5.41) is 6.96. The molecule has 24 heavy (non-hydrogen) atoms. The maximum atomic E-state index is 12.2. The molecule has 126 valence electrons. The molecule has 0 aliphatic carbocycles. The van der Waals surface area contributed by atoms with Crippen LogP contribution in [0.5, 0.6) is 0 Å². The monoisotopic (exact) mass is 364 g/mol. The van der Waals surface area contributed by atoms with E-state index >= 15 is 0 Å². The lowest BCUT2D eigenvalue weighted by Gasteiger charge is -2.12. The van der Waals surface area contributed by atoms with Gasteiger partial charge in [-0.2, -0.15) is 0 Å². The number of carbonyl (C=O) groups is 1. The van der Waals surface area contributed by atoms with Gasteiger partial charge in [0.25, 0.3) is 5.91 Å². The molecular formula is C18H18Cl2N2O2. The first-order valence-electron chi connectivity index (χ1n) is 7.84. The molecule has 1 aliphatic rings. The predicted molar refractivity (Wildman–Crippen MR) is 98.3 cm³/mol. The summed E-state index contributed by atoms with van der Waals surface area (Å²) >= 11 is 11.8. The Kier molecular flexibility index (Phi) is 5.61. The Hall–Kier alpha value is -1.75. The topological polar surface area (TPSA) is 50.4 Å². The summed E-state index contributed by atoms with van der Waals surface area (Å²) in [5.74, 6) is -0.228. The van der Waals surface area contributed by atoms with E-state index in [0.717, 1.165) is 31.7 Å². The fraction of sp³-hybridized carbons (Fsp3) is 0.278. The maximum absolute atomic E-state index is 12.2. The molecule has 1 saturated heterocycles. The fourth-order valence-corrected chi connectivity index (χ4v) is 2.85. The van der Waals surface area contributed by atoms with Crippen LogP contribution in [0, 0.1) is 0 Å². The van der Waals surface area contributed by atoms with Gasteiger partial charge in [-0.1, -0.05) is 23.2 Å². The van der Waals surface area contributed by atoms with Crippen LogP contribution in [-0.4, -0.2) is 25.2 Å². The Morgan fingerprint density at radius 1 is 1.08 bits per heavy atom. The average Bonchev–Trinajstić information content (AvgIpc) is 3.10. The highest BCUT2D eigenvalue weighted by atomic mass is 35.5. The van der Waals surface area contributed by atoms with Crippen LogP contribution in [0.1, 0.15) is 23.2 Å². The van der Waals surface area contributed by atoms with Crippen molar-refractivity contribution in [1.29, 1.82) is 0 Å². The molecule has 1 fully saturated rings. The highest BCUT2D eigenvalue weighted by molar-refractivity contribution is 6.42. The van der Waals surface area contributed by atoms with Crippen LogP contribution in [0.25, 0.3) is 0 Å². The maximum Gasteiger partial charge on any atom is 0.255 e. The van der Waals surface area contributed by atoms with Crippen molar-refractivity contribution in [2.24, 2.45) is 0 Å². The average molecular weight is 365 g/mol. The van der Waals surface area contributed by atoms with E-state index in [0.29, 0.717) is 27.4 Å². The molecule has 0 spiro atoms. The lowest BCUT2D eigenvalue weighted by molar-refractivity contribution is 0.102. The van der Waals surface area contributed by atoms with Crippen molar-refractivity contribution in [1.82, 2.24) is 0 Å². The number of amides is 1. The quantitative estimate of drug-likeness (QED) is 0.798. The number of anilines is 2. The van der Waals surface area contributed by atoms with E-state index < -0.39 is 0 Å². The van der Waals surface area contributed by atoms with Crippen LogP contribution in [0.15, 0.2) is 42.5 Å². The van der Waals surface area contributed by atoms with Crippen LogP contribution in [0.4, 0.5) is 11.4 Å². The molecule has 1 heterocycles. The van der Waals surface area contributed by atoms with Crippen molar-refractivity contribution < 1.29 is 9.53 Å². The predicted octanol–water partition coefficient (Wildman–Crippen LogP) is 4.84. The van der Waals surface area contributed by atoms with Crippen molar-refractivity contribution in [2.75, 3.05) is 23.8 Å². The molecule has 0 bridgehead atoms. The van der Waals surface area contributed by atoms with Gasteiger partial charge in [-0.15, -0.1) is 0 Å². The van der Waals surface area contributed by atoms with Gasteiger partial charge in [0.15, 0.2) is 0 Å². The van der Waals surface area contributed by atoms with Gasteiger partial charge >= 0.3 is 0 Å². The Bertz CT molecular complexity index is 713. The number of halogens is 2. The van der Waals surface area contributed by atoms with Crippen molar-refractivity contribution in [3.8, 4) is 0 Å². The zero-order valence-electron chi connectivity index (χ0n) is 13.0.